The molecular weight excluding hydrogens is 224 g/mol. The van der Waals surface area contributed by atoms with Gasteiger partial charge in [0.05, 0.1) is 5.60 Å². The Bertz CT molecular complexity index is 253. The monoisotopic (exact) mass is 254 g/mol. The Morgan fingerprint density at radius 2 is 1.67 bits per heavy atom. The second kappa shape index (κ2) is 5.89. The highest BCUT2D eigenvalue weighted by atomic mass is 16.3. The number of fused-ring (bicyclic) bond motifs is 2. The van der Waals surface area contributed by atoms with Gasteiger partial charge in [-0.15, -0.1) is 0 Å². The molecule has 0 amide bonds. The van der Waals surface area contributed by atoms with Crippen LogP contribution in [0.5, 0.6) is 0 Å². The molecule has 0 spiro atoms. The van der Waals surface area contributed by atoms with Crippen molar-refractivity contribution in [2.45, 2.75) is 83.0 Å². The minimum Gasteiger partial charge on any atom is -0.389 e. The molecule has 2 fully saturated rings. The maximum atomic E-state index is 10.6. The second-order valence-electron chi connectivity index (χ2n) is 6.26. The first-order valence-electron chi connectivity index (χ1n) is 7.82. The molecule has 3 heteroatoms. The summed E-state index contributed by atoms with van der Waals surface area (Å²) >= 11 is 0. The van der Waals surface area contributed by atoms with Crippen molar-refractivity contribution in [1.82, 2.24) is 10.2 Å². The smallest absolute Gasteiger partial charge is 0.0769 e. The van der Waals surface area contributed by atoms with Crippen molar-refractivity contribution in [1.29, 1.82) is 0 Å². The van der Waals surface area contributed by atoms with Gasteiger partial charge in [0.25, 0.3) is 0 Å². The quantitative estimate of drug-likeness (QED) is 0.762. The average Bonchev–Trinajstić information content (AvgIpc) is 2.74. The molecule has 0 saturated carbocycles. The zero-order valence-electron chi connectivity index (χ0n) is 12.3. The van der Waals surface area contributed by atoms with E-state index in [1.54, 1.807) is 0 Å². The minimum atomic E-state index is -0.486. The fourth-order valence-electron chi connectivity index (χ4n) is 3.68. The Kier molecular flexibility index (Phi) is 4.68. The van der Waals surface area contributed by atoms with E-state index in [1.165, 1.54) is 25.7 Å². The van der Waals surface area contributed by atoms with Gasteiger partial charge in [-0.2, -0.15) is 0 Å². The first-order valence-corrected chi connectivity index (χ1v) is 7.82. The fourth-order valence-corrected chi connectivity index (χ4v) is 3.68. The standard InChI is InChI=1S/C15H30N2O/c1-4-15(18,5-2)11-17(6-3)14-9-12-7-8-13(10-14)16-12/h12-14,16,18H,4-11H2,1-3H3. The Balaban J connectivity index is 1.96. The van der Waals surface area contributed by atoms with E-state index >= 15 is 0 Å². The molecule has 0 aromatic rings. The first kappa shape index (κ1) is 14.3. The molecule has 0 radical (unpaired) electrons. The lowest BCUT2D eigenvalue weighted by Gasteiger charge is -2.41. The molecule has 0 aromatic carbocycles. The van der Waals surface area contributed by atoms with Gasteiger partial charge in [-0.3, -0.25) is 4.90 Å². The maximum Gasteiger partial charge on any atom is 0.0769 e. The van der Waals surface area contributed by atoms with Crippen molar-refractivity contribution in [2.75, 3.05) is 13.1 Å². The van der Waals surface area contributed by atoms with Crippen LogP contribution in [-0.2, 0) is 0 Å². The highest BCUT2D eigenvalue weighted by Gasteiger charge is 2.37. The van der Waals surface area contributed by atoms with Crippen LogP contribution in [0.4, 0.5) is 0 Å². The van der Waals surface area contributed by atoms with Crippen molar-refractivity contribution in [3.8, 4) is 0 Å². The van der Waals surface area contributed by atoms with Gasteiger partial charge in [0.2, 0.25) is 0 Å². The summed E-state index contributed by atoms with van der Waals surface area (Å²) in [4.78, 5) is 2.53. The number of likely N-dealkylation sites (N-methyl/N-ethyl adjacent to an activating group) is 1. The van der Waals surface area contributed by atoms with E-state index in [2.05, 4.69) is 31.0 Å². The molecule has 2 heterocycles. The average molecular weight is 254 g/mol. The first-order chi connectivity index (χ1) is 8.60. The van der Waals surface area contributed by atoms with Crippen LogP contribution in [0.25, 0.3) is 0 Å². The predicted octanol–water partition coefficient (Wildman–Crippen LogP) is 2.14. The van der Waals surface area contributed by atoms with Gasteiger partial charge in [0, 0.05) is 24.7 Å². The topological polar surface area (TPSA) is 35.5 Å². The molecule has 2 aliphatic heterocycles. The lowest BCUT2D eigenvalue weighted by molar-refractivity contribution is -0.0196. The summed E-state index contributed by atoms with van der Waals surface area (Å²) in [5.74, 6) is 0. The lowest BCUT2D eigenvalue weighted by atomic mass is 9.93. The van der Waals surface area contributed by atoms with Gasteiger partial charge in [-0.25, -0.2) is 0 Å². The SMILES string of the molecule is CCN(CC(O)(CC)CC)C1CC2CCC(C1)N2. The van der Waals surface area contributed by atoms with E-state index in [0.29, 0.717) is 6.04 Å². The van der Waals surface area contributed by atoms with Crippen molar-refractivity contribution >= 4 is 0 Å². The Morgan fingerprint density at radius 1 is 1.11 bits per heavy atom. The van der Waals surface area contributed by atoms with E-state index in [9.17, 15) is 5.11 Å². The van der Waals surface area contributed by atoms with E-state index in [4.69, 9.17) is 0 Å². The lowest BCUT2D eigenvalue weighted by Crippen LogP contribution is -2.52. The van der Waals surface area contributed by atoms with E-state index in [-0.39, 0.29) is 0 Å². The normalized spacial score (nSPS) is 32.2. The molecule has 2 atom stereocenters. The summed E-state index contributed by atoms with van der Waals surface area (Å²) in [6.07, 6.45) is 6.96. The largest absolute Gasteiger partial charge is 0.389 e. The fraction of sp³-hybridized carbons (Fsp3) is 1.00. The zero-order chi connectivity index (χ0) is 13.2. The highest BCUT2D eigenvalue weighted by molar-refractivity contribution is 4.96. The van der Waals surface area contributed by atoms with E-state index < -0.39 is 5.60 Å². The third kappa shape index (κ3) is 3.06. The number of aliphatic hydroxyl groups is 1. The predicted molar refractivity (Wildman–Crippen MR) is 75.7 cm³/mol. The summed E-state index contributed by atoms with van der Waals surface area (Å²) in [7, 11) is 0. The molecule has 2 bridgehead atoms. The van der Waals surface area contributed by atoms with Crippen LogP contribution < -0.4 is 5.32 Å². The number of piperidine rings is 1. The van der Waals surface area contributed by atoms with Crippen LogP contribution >= 0.6 is 0 Å². The summed E-state index contributed by atoms with van der Waals surface area (Å²) in [5, 5.41) is 14.3. The Hall–Kier alpha value is -0.120. The summed E-state index contributed by atoms with van der Waals surface area (Å²) in [6, 6.07) is 2.15. The van der Waals surface area contributed by atoms with E-state index in [0.717, 1.165) is 38.0 Å². The van der Waals surface area contributed by atoms with Gasteiger partial charge in [0.15, 0.2) is 0 Å². The minimum absolute atomic E-state index is 0.486. The molecule has 2 unspecified atom stereocenters. The summed E-state index contributed by atoms with van der Waals surface area (Å²) in [6.45, 7) is 8.34. The number of nitrogens with zero attached hydrogens (tertiary/aromatic N) is 1. The molecule has 0 aliphatic carbocycles. The molecule has 2 saturated heterocycles. The number of rotatable bonds is 6. The zero-order valence-corrected chi connectivity index (χ0v) is 12.3. The van der Waals surface area contributed by atoms with Gasteiger partial charge < -0.3 is 10.4 Å². The summed E-state index contributed by atoms with van der Waals surface area (Å²) in [5.41, 5.74) is -0.486. The van der Waals surface area contributed by atoms with Crippen molar-refractivity contribution < 1.29 is 5.11 Å². The Labute approximate surface area is 112 Å². The van der Waals surface area contributed by atoms with Crippen LogP contribution in [0.15, 0.2) is 0 Å². The highest BCUT2D eigenvalue weighted by Crippen LogP contribution is 2.31. The summed E-state index contributed by atoms with van der Waals surface area (Å²) < 4.78 is 0. The van der Waals surface area contributed by atoms with Gasteiger partial charge in [-0.1, -0.05) is 20.8 Å². The Morgan fingerprint density at radius 3 is 2.11 bits per heavy atom. The number of nitrogens with one attached hydrogen (secondary N) is 1. The third-order valence-electron chi connectivity index (χ3n) is 5.18. The van der Waals surface area contributed by atoms with Crippen molar-refractivity contribution in [3.63, 3.8) is 0 Å². The van der Waals surface area contributed by atoms with Gasteiger partial charge in [0.1, 0.15) is 0 Å². The van der Waals surface area contributed by atoms with Crippen LogP contribution in [0.2, 0.25) is 0 Å². The third-order valence-corrected chi connectivity index (χ3v) is 5.18. The number of hydrogen-bond acceptors (Lipinski definition) is 3. The molecule has 106 valence electrons. The molecule has 2 rings (SSSR count). The van der Waals surface area contributed by atoms with E-state index in [1.807, 2.05) is 0 Å². The molecule has 18 heavy (non-hydrogen) atoms. The van der Waals surface area contributed by atoms with Crippen LogP contribution in [0, 0.1) is 0 Å². The van der Waals surface area contributed by atoms with Gasteiger partial charge in [-0.05, 0) is 45.1 Å². The maximum absolute atomic E-state index is 10.6. The molecular formula is C15H30N2O. The molecule has 0 aromatic heterocycles. The van der Waals surface area contributed by atoms with Gasteiger partial charge >= 0.3 is 0 Å². The van der Waals surface area contributed by atoms with Crippen LogP contribution in [0.3, 0.4) is 0 Å². The van der Waals surface area contributed by atoms with Crippen molar-refractivity contribution in [3.05, 3.63) is 0 Å². The molecule has 2 N–H and O–H groups in total. The van der Waals surface area contributed by atoms with Crippen molar-refractivity contribution in [2.24, 2.45) is 0 Å². The number of hydrogen-bond donors (Lipinski definition) is 2. The molecule has 2 aliphatic rings. The van der Waals surface area contributed by atoms with Crippen LogP contribution in [-0.4, -0.2) is 46.8 Å². The molecule has 3 nitrogen and oxygen atoms in total. The second-order valence-corrected chi connectivity index (χ2v) is 6.26. The van der Waals surface area contributed by atoms with Crippen LogP contribution in [0.1, 0.15) is 59.3 Å².